The summed E-state index contributed by atoms with van der Waals surface area (Å²) in [6, 6.07) is 4.42. The molecule has 0 unspecified atom stereocenters. The minimum atomic E-state index is -0.776. The molecule has 0 radical (unpaired) electrons. The lowest BCUT2D eigenvalue weighted by molar-refractivity contribution is -0.601. The number of rotatable bonds is 5. The summed E-state index contributed by atoms with van der Waals surface area (Å²) in [5, 5.41) is 27.0. The van der Waals surface area contributed by atoms with Crippen molar-refractivity contribution < 1.29 is 24.0 Å². The van der Waals surface area contributed by atoms with Gasteiger partial charge in [0.1, 0.15) is 17.2 Å². The van der Waals surface area contributed by atoms with Crippen molar-refractivity contribution >= 4 is 23.2 Å². The van der Waals surface area contributed by atoms with Gasteiger partial charge in [-0.05, 0) is 6.07 Å². The maximum Gasteiger partial charge on any atom is 0.347 e. The van der Waals surface area contributed by atoms with Crippen LogP contribution in [0.4, 0.5) is 11.4 Å². The first-order valence-corrected chi connectivity index (χ1v) is 7.22. The molecule has 2 N–H and O–H groups in total. The van der Waals surface area contributed by atoms with Gasteiger partial charge in [-0.2, -0.15) is 4.57 Å². The number of hydrogen-bond donors (Lipinski definition) is 2. The zero-order chi connectivity index (χ0) is 19.4. The Morgan fingerprint density at radius 1 is 0.923 bits per heavy atom. The number of carbonyl (C=O) groups excluding carboxylic acids is 2. The highest BCUT2D eigenvalue weighted by molar-refractivity contribution is 5.98. The number of hydrogen-bond acceptors (Lipinski definition) is 6. The normalized spacial score (nSPS) is 10.1. The lowest BCUT2D eigenvalue weighted by atomic mass is 10.1. The van der Waals surface area contributed by atoms with Gasteiger partial charge >= 0.3 is 5.69 Å². The monoisotopic (exact) mass is 360 g/mol. The van der Waals surface area contributed by atoms with Gasteiger partial charge in [-0.15, -0.1) is 0 Å². The SMILES string of the molecule is CNC(=O)c1cc(C(=O)NC)c[n+](-c2ccc([N+](=O)[O-])cc2[N+](=O)[O-])c1. The van der Waals surface area contributed by atoms with E-state index in [0.29, 0.717) is 0 Å². The molecule has 0 aliphatic carbocycles. The summed E-state index contributed by atoms with van der Waals surface area (Å²) in [5.41, 5.74) is -0.852. The Labute approximate surface area is 146 Å². The zero-order valence-electron chi connectivity index (χ0n) is 13.8. The molecule has 0 fully saturated rings. The fraction of sp³-hybridized carbons (Fsp3) is 0.133. The number of nitrogens with one attached hydrogen (secondary N) is 2. The molecule has 0 atom stereocenters. The summed E-state index contributed by atoms with van der Waals surface area (Å²) in [7, 11) is 2.79. The Balaban J connectivity index is 2.74. The molecular weight excluding hydrogens is 346 g/mol. The molecule has 2 amide bonds. The van der Waals surface area contributed by atoms with Gasteiger partial charge in [0.2, 0.25) is 0 Å². The van der Waals surface area contributed by atoms with E-state index in [1.54, 1.807) is 0 Å². The van der Waals surface area contributed by atoms with Crippen molar-refractivity contribution in [3.8, 4) is 5.69 Å². The van der Waals surface area contributed by atoms with Crippen LogP contribution in [-0.4, -0.2) is 35.8 Å². The van der Waals surface area contributed by atoms with Gasteiger partial charge in [0.15, 0.2) is 12.4 Å². The third kappa shape index (κ3) is 3.61. The molecule has 0 aliphatic rings. The molecule has 1 aromatic carbocycles. The number of amides is 2. The zero-order valence-corrected chi connectivity index (χ0v) is 13.8. The first-order chi connectivity index (χ1) is 12.3. The van der Waals surface area contributed by atoms with Crippen molar-refractivity contribution in [2.45, 2.75) is 0 Å². The van der Waals surface area contributed by atoms with E-state index in [-0.39, 0.29) is 16.8 Å². The molecule has 2 rings (SSSR count). The van der Waals surface area contributed by atoms with Gasteiger partial charge in [0, 0.05) is 26.2 Å². The van der Waals surface area contributed by atoms with Crippen LogP contribution in [0, 0.1) is 20.2 Å². The Morgan fingerprint density at radius 3 is 1.88 bits per heavy atom. The van der Waals surface area contributed by atoms with Crippen LogP contribution in [0.2, 0.25) is 0 Å². The standard InChI is InChI=1S/C15H13N5O6/c1-16-14(21)9-5-10(15(22)17-2)8-18(7-9)12-4-3-11(19(23)24)6-13(12)20(25)26/h3-8H,1-2H3,(H-,16,17,21,22)/p+1. The highest BCUT2D eigenvalue weighted by atomic mass is 16.6. The summed E-state index contributed by atoms with van der Waals surface area (Å²) in [6.45, 7) is 0. The Kier molecular flexibility index (Phi) is 5.21. The fourth-order valence-corrected chi connectivity index (χ4v) is 2.25. The second-order valence-electron chi connectivity index (χ2n) is 5.07. The Bertz CT molecular complexity index is 892. The summed E-state index contributed by atoms with van der Waals surface area (Å²) in [4.78, 5) is 44.5. The highest BCUT2D eigenvalue weighted by Gasteiger charge is 2.28. The van der Waals surface area contributed by atoms with E-state index in [1.807, 2.05) is 0 Å². The topological polar surface area (TPSA) is 148 Å². The van der Waals surface area contributed by atoms with Crippen LogP contribution in [0.3, 0.4) is 0 Å². The van der Waals surface area contributed by atoms with Crippen molar-refractivity contribution in [3.63, 3.8) is 0 Å². The number of nitro groups is 2. The first-order valence-electron chi connectivity index (χ1n) is 7.22. The lowest BCUT2D eigenvalue weighted by Crippen LogP contribution is -2.36. The number of aromatic nitrogens is 1. The predicted octanol–water partition coefficient (Wildman–Crippen LogP) is 0.499. The molecule has 0 saturated heterocycles. The third-order valence-corrected chi connectivity index (χ3v) is 3.49. The summed E-state index contributed by atoms with van der Waals surface area (Å²) in [5.74, 6) is -1.01. The quantitative estimate of drug-likeness (QED) is 0.450. The molecule has 0 bridgehead atoms. The van der Waals surface area contributed by atoms with Crippen LogP contribution in [0.1, 0.15) is 20.7 Å². The van der Waals surface area contributed by atoms with E-state index < -0.39 is 33.0 Å². The van der Waals surface area contributed by atoms with E-state index in [4.69, 9.17) is 0 Å². The fourth-order valence-electron chi connectivity index (χ4n) is 2.25. The smallest absolute Gasteiger partial charge is 0.347 e. The molecule has 11 nitrogen and oxygen atoms in total. The van der Waals surface area contributed by atoms with Crippen LogP contribution in [-0.2, 0) is 0 Å². The second-order valence-corrected chi connectivity index (χ2v) is 5.07. The van der Waals surface area contributed by atoms with Gasteiger partial charge in [-0.25, -0.2) is 0 Å². The molecule has 134 valence electrons. The molecule has 11 heteroatoms. The van der Waals surface area contributed by atoms with Gasteiger partial charge in [0.05, 0.1) is 9.85 Å². The van der Waals surface area contributed by atoms with Crippen LogP contribution < -0.4 is 15.2 Å². The Morgan fingerprint density at radius 2 is 1.46 bits per heavy atom. The average Bonchev–Trinajstić information content (AvgIpc) is 2.65. The Hall–Kier alpha value is -3.89. The number of pyridine rings is 1. The maximum absolute atomic E-state index is 11.9. The molecule has 2 aromatic rings. The summed E-state index contributed by atoms with van der Waals surface area (Å²) >= 11 is 0. The predicted molar refractivity (Wildman–Crippen MR) is 88.1 cm³/mol. The molecule has 0 spiro atoms. The van der Waals surface area contributed by atoms with E-state index in [9.17, 15) is 29.8 Å². The van der Waals surface area contributed by atoms with Crippen LogP contribution >= 0.6 is 0 Å². The molecule has 26 heavy (non-hydrogen) atoms. The van der Waals surface area contributed by atoms with E-state index in [2.05, 4.69) is 10.6 Å². The largest absolute Gasteiger partial charge is 0.355 e. The van der Waals surface area contributed by atoms with Gasteiger partial charge in [-0.1, -0.05) is 0 Å². The van der Waals surface area contributed by atoms with Gasteiger partial charge < -0.3 is 10.6 Å². The van der Waals surface area contributed by atoms with E-state index >= 15 is 0 Å². The number of benzene rings is 1. The highest BCUT2D eigenvalue weighted by Crippen LogP contribution is 2.24. The van der Waals surface area contributed by atoms with E-state index in [0.717, 1.165) is 12.1 Å². The molecule has 1 heterocycles. The molecule has 0 aliphatic heterocycles. The number of non-ortho nitro benzene ring substituents is 1. The van der Waals surface area contributed by atoms with Crippen molar-refractivity contribution in [2.24, 2.45) is 0 Å². The van der Waals surface area contributed by atoms with Crippen LogP contribution in [0.15, 0.2) is 36.7 Å². The third-order valence-electron chi connectivity index (χ3n) is 3.49. The summed E-state index contributed by atoms with van der Waals surface area (Å²) < 4.78 is 1.21. The second kappa shape index (κ2) is 7.34. The van der Waals surface area contributed by atoms with Gasteiger partial charge in [0.25, 0.3) is 23.2 Å². The van der Waals surface area contributed by atoms with Crippen molar-refractivity contribution in [2.75, 3.05) is 14.1 Å². The number of carbonyl (C=O) groups is 2. The number of nitrogens with zero attached hydrogens (tertiary/aromatic N) is 3. The van der Waals surface area contributed by atoms with Crippen LogP contribution in [0.25, 0.3) is 5.69 Å². The summed E-state index contributed by atoms with van der Waals surface area (Å²) in [6.07, 6.45) is 2.58. The molecular formula is C15H14N5O6+. The number of nitro benzene ring substituents is 2. The minimum Gasteiger partial charge on any atom is -0.355 e. The first kappa shape index (κ1) is 18.4. The van der Waals surface area contributed by atoms with Crippen molar-refractivity contribution in [1.82, 2.24) is 10.6 Å². The van der Waals surface area contributed by atoms with Crippen LogP contribution in [0.5, 0.6) is 0 Å². The van der Waals surface area contributed by atoms with Crippen molar-refractivity contribution in [3.05, 3.63) is 68.0 Å². The van der Waals surface area contributed by atoms with E-state index in [1.165, 1.54) is 43.2 Å². The minimum absolute atomic E-state index is 0.0310. The molecule has 0 saturated carbocycles. The van der Waals surface area contributed by atoms with Gasteiger partial charge in [-0.3, -0.25) is 29.8 Å². The van der Waals surface area contributed by atoms with Crippen molar-refractivity contribution in [1.29, 1.82) is 0 Å². The average molecular weight is 360 g/mol. The molecule has 1 aromatic heterocycles. The maximum atomic E-state index is 11.9. The lowest BCUT2D eigenvalue weighted by Gasteiger charge is -2.04.